The van der Waals surface area contributed by atoms with Crippen molar-refractivity contribution in [3.63, 3.8) is 0 Å². The summed E-state index contributed by atoms with van der Waals surface area (Å²) >= 11 is 4.70. The van der Waals surface area contributed by atoms with Gasteiger partial charge in [0.05, 0.1) is 5.69 Å². The van der Waals surface area contributed by atoms with E-state index in [9.17, 15) is 4.79 Å². The summed E-state index contributed by atoms with van der Waals surface area (Å²) in [6.07, 6.45) is 3.82. The number of thiazole rings is 2. The highest BCUT2D eigenvalue weighted by atomic mass is 32.2. The standard InChI is InChI=1S/C23H24N4O2S3/c1-15-12-31-23(24-15)32-14-18-17-7-3-4-8-19(17)29-20(18)21(28)26-22-25-16(13-30-22)11-27-9-5-2-6-10-27/h3-4,7-8,12-13H,2,5-6,9-11,14H2,1H3,(H,25,26,28). The van der Waals surface area contributed by atoms with Crippen LogP contribution in [0.4, 0.5) is 5.13 Å². The topological polar surface area (TPSA) is 71.3 Å². The van der Waals surface area contributed by atoms with Gasteiger partial charge in [-0.15, -0.1) is 22.7 Å². The van der Waals surface area contributed by atoms with Crippen LogP contribution in [0.2, 0.25) is 0 Å². The number of piperidine rings is 1. The van der Waals surface area contributed by atoms with E-state index in [-0.39, 0.29) is 5.91 Å². The van der Waals surface area contributed by atoms with Gasteiger partial charge in [0.25, 0.3) is 5.91 Å². The number of fused-ring (bicyclic) bond motifs is 1. The van der Waals surface area contributed by atoms with E-state index in [4.69, 9.17) is 4.42 Å². The molecule has 0 unspecified atom stereocenters. The number of rotatable bonds is 7. The largest absolute Gasteiger partial charge is 0.451 e. The molecule has 4 heterocycles. The van der Waals surface area contributed by atoms with Crippen LogP contribution in [-0.2, 0) is 12.3 Å². The zero-order valence-corrected chi connectivity index (χ0v) is 20.2. The number of nitrogens with one attached hydrogen (secondary N) is 1. The molecule has 0 radical (unpaired) electrons. The number of amides is 1. The monoisotopic (exact) mass is 484 g/mol. The van der Waals surface area contributed by atoms with Gasteiger partial charge in [-0.05, 0) is 38.9 Å². The lowest BCUT2D eigenvalue weighted by Crippen LogP contribution is -2.29. The third-order valence-electron chi connectivity index (χ3n) is 5.45. The fraction of sp³-hybridized carbons (Fsp3) is 0.348. The summed E-state index contributed by atoms with van der Waals surface area (Å²) < 4.78 is 6.97. The molecule has 4 aromatic rings. The molecule has 0 spiro atoms. The molecule has 0 bridgehead atoms. The lowest BCUT2D eigenvalue weighted by atomic mass is 10.1. The SMILES string of the molecule is Cc1csc(SCc2c(C(=O)Nc3nc(CN4CCCCC4)cs3)oc3ccccc23)n1. The molecule has 1 aliphatic heterocycles. The van der Waals surface area contributed by atoms with Crippen LogP contribution in [0.1, 0.15) is 46.8 Å². The number of carbonyl (C=O) groups is 1. The van der Waals surface area contributed by atoms with Crippen molar-refractivity contribution in [3.8, 4) is 0 Å². The molecule has 32 heavy (non-hydrogen) atoms. The summed E-state index contributed by atoms with van der Waals surface area (Å²) in [5, 5.41) is 8.59. The molecule has 6 nitrogen and oxygen atoms in total. The second kappa shape index (κ2) is 9.74. The average molecular weight is 485 g/mol. The highest BCUT2D eigenvalue weighted by molar-refractivity contribution is 8.00. The molecule has 1 saturated heterocycles. The molecular weight excluding hydrogens is 460 g/mol. The third-order valence-corrected chi connectivity index (χ3v) is 8.42. The van der Waals surface area contributed by atoms with Crippen LogP contribution in [0.5, 0.6) is 0 Å². The Labute approximate surface area is 199 Å². The van der Waals surface area contributed by atoms with Crippen molar-refractivity contribution in [2.45, 2.75) is 42.8 Å². The van der Waals surface area contributed by atoms with Gasteiger partial charge in [-0.3, -0.25) is 15.0 Å². The second-order valence-corrected chi connectivity index (χ2v) is 10.8. The zero-order valence-electron chi connectivity index (χ0n) is 17.8. The molecule has 1 fully saturated rings. The van der Waals surface area contributed by atoms with Gasteiger partial charge >= 0.3 is 0 Å². The van der Waals surface area contributed by atoms with Gasteiger partial charge in [0, 0.05) is 39.7 Å². The van der Waals surface area contributed by atoms with Gasteiger partial charge in [-0.25, -0.2) is 9.97 Å². The summed E-state index contributed by atoms with van der Waals surface area (Å²) in [4.78, 5) is 24.7. The van der Waals surface area contributed by atoms with E-state index in [2.05, 4.69) is 20.2 Å². The van der Waals surface area contributed by atoms with Crippen LogP contribution in [-0.4, -0.2) is 33.9 Å². The van der Waals surface area contributed by atoms with Crippen molar-refractivity contribution in [1.29, 1.82) is 0 Å². The molecule has 3 aromatic heterocycles. The van der Waals surface area contributed by atoms with E-state index in [1.165, 1.54) is 30.6 Å². The number of thioether (sulfide) groups is 1. The number of likely N-dealkylation sites (tertiary alicyclic amines) is 1. The van der Waals surface area contributed by atoms with E-state index in [1.807, 2.05) is 41.9 Å². The first-order valence-electron chi connectivity index (χ1n) is 10.7. The highest BCUT2D eigenvalue weighted by Gasteiger charge is 2.22. The van der Waals surface area contributed by atoms with Crippen LogP contribution in [0.25, 0.3) is 11.0 Å². The molecule has 9 heteroatoms. The molecule has 1 aliphatic rings. The van der Waals surface area contributed by atoms with E-state index >= 15 is 0 Å². The van der Waals surface area contributed by atoms with Gasteiger partial charge in [0.15, 0.2) is 10.9 Å². The molecule has 0 saturated carbocycles. The first kappa shape index (κ1) is 21.6. The van der Waals surface area contributed by atoms with Crippen molar-refractivity contribution in [2.75, 3.05) is 18.4 Å². The number of hydrogen-bond donors (Lipinski definition) is 1. The minimum Gasteiger partial charge on any atom is -0.451 e. The first-order valence-corrected chi connectivity index (χ1v) is 13.4. The minimum atomic E-state index is -0.258. The number of aryl methyl sites for hydroxylation is 1. The first-order chi connectivity index (χ1) is 15.7. The molecular formula is C23H24N4O2S3. The quantitative estimate of drug-likeness (QED) is 0.316. The predicted octanol–water partition coefficient (Wildman–Crippen LogP) is 6.18. The van der Waals surface area contributed by atoms with Gasteiger partial charge in [-0.1, -0.05) is 36.4 Å². The predicted molar refractivity (Wildman–Crippen MR) is 132 cm³/mol. The molecule has 1 amide bonds. The lowest BCUT2D eigenvalue weighted by molar-refractivity contribution is 0.0997. The van der Waals surface area contributed by atoms with E-state index in [1.54, 1.807) is 23.1 Å². The number of aromatic nitrogens is 2. The Morgan fingerprint density at radius 3 is 2.81 bits per heavy atom. The Morgan fingerprint density at radius 2 is 2.00 bits per heavy atom. The van der Waals surface area contributed by atoms with Crippen LogP contribution in [0, 0.1) is 6.92 Å². The summed E-state index contributed by atoms with van der Waals surface area (Å²) in [6.45, 7) is 5.07. The van der Waals surface area contributed by atoms with Crippen molar-refractivity contribution < 1.29 is 9.21 Å². The maximum Gasteiger partial charge on any atom is 0.293 e. The molecule has 0 atom stereocenters. The van der Waals surface area contributed by atoms with Crippen molar-refractivity contribution in [2.24, 2.45) is 0 Å². The highest BCUT2D eigenvalue weighted by Crippen LogP contribution is 2.33. The van der Waals surface area contributed by atoms with Crippen LogP contribution >= 0.6 is 34.4 Å². The Kier molecular flexibility index (Phi) is 6.59. The molecule has 1 aromatic carbocycles. The van der Waals surface area contributed by atoms with E-state index in [0.717, 1.165) is 46.3 Å². The van der Waals surface area contributed by atoms with E-state index < -0.39 is 0 Å². The average Bonchev–Trinajstić information content (AvgIpc) is 3.52. The van der Waals surface area contributed by atoms with E-state index in [0.29, 0.717) is 22.2 Å². The fourth-order valence-electron chi connectivity index (χ4n) is 3.90. The number of anilines is 1. The second-order valence-electron chi connectivity index (χ2n) is 7.88. The normalized spacial score (nSPS) is 14.8. The zero-order chi connectivity index (χ0) is 21.9. The maximum absolute atomic E-state index is 13.1. The summed E-state index contributed by atoms with van der Waals surface area (Å²) in [5.74, 6) is 0.705. The van der Waals surface area contributed by atoms with Crippen LogP contribution in [0.15, 0.2) is 43.8 Å². The Bertz CT molecular complexity index is 1220. The number of nitrogens with zero attached hydrogens (tertiary/aromatic N) is 3. The Hall–Kier alpha value is -2.20. The summed E-state index contributed by atoms with van der Waals surface area (Å²) in [7, 11) is 0. The maximum atomic E-state index is 13.1. The lowest BCUT2D eigenvalue weighted by Gasteiger charge is -2.25. The summed E-state index contributed by atoms with van der Waals surface area (Å²) in [5.41, 5.74) is 3.62. The van der Waals surface area contributed by atoms with Crippen LogP contribution in [0.3, 0.4) is 0 Å². The van der Waals surface area contributed by atoms with Gasteiger partial charge < -0.3 is 4.42 Å². The molecule has 0 aliphatic carbocycles. The minimum absolute atomic E-state index is 0.258. The molecule has 1 N–H and O–H groups in total. The van der Waals surface area contributed by atoms with Crippen LogP contribution < -0.4 is 5.32 Å². The number of hydrogen-bond acceptors (Lipinski definition) is 8. The van der Waals surface area contributed by atoms with Crippen molar-refractivity contribution in [1.82, 2.24) is 14.9 Å². The number of furan rings is 1. The van der Waals surface area contributed by atoms with Crippen molar-refractivity contribution >= 4 is 56.4 Å². The molecule has 166 valence electrons. The molecule has 5 rings (SSSR count). The fourth-order valence-corrected chi connectivity index (χ4v) is 6.47. The smallest absolute Gasteiger partial charge is 0.293 e. The van der Waals surface area contributed by atoms with Crippen molar-refractivity contribution in [3.05, 3.63) is 57.7 Å². The number of benzene rings is 1. The van der Waals surface area contributed by atoms with Gasteiger partial charge in [-0.2, -0.15) is 0 Å². The van der Waals surface area contributed by atoms with Gasteiger partial charge in [0.2, 0.25) is 0 Å². The third kappa shape index (κ3) is 4.91. The number of carbonyl (C=O) groups excluding carboxylic acids is 1. The van der Waals surface area contributed by atoms with Gasteiger partial charge in [0.1, 0.15) is 9.92 Å². The Balaban J connectivity index is 1.32. The Morgan fingerprint density at radius 1 is 1.16 bits per heavy atom. The number of para-hydroxylation sites is 1. The summed E-state index contributed by atoms with van der Waals surface area (Å²) in [6, 6.07) is 7.78.